The number of ether oxygens (including phenoxy) is 2. The van der Waals surface area contributed by atoms with E-state index >= 15 is 0 Å². The standard InChI is InChI=1S/C16H19NO5/c1-21-11-8-10(9-11)15(18)17-6-7-22-13-5-3-2-4-12(13)14(17)16(19)20/h2-5,10-11,14H,6-9H2,1H3,(H,19,20). The Hall–Kier alpha value is -2.08. The molecule has 0 saturated heterocycles. The molecule has 6 nitrogen and oxygen atoms in total. The molecular weight excluding hydrogens is 286 g/mol. The molecule has 3 rings (SSSR count). The quantitative estimate of drug-likeness (QED) is 0.915. The second-order valence-electron chi connectivity index (χ2n) is 5.68. The van der Waals surface area contributed by atoms with Crippen molar-refractivity contribution in [2.24, 2.45) is 5.92 Å². The van der Waals surface area contributed by atoms with E-state index < -0.39 is 12.0 Å². The molecule has 22 heavy (non-hydrogen) atoms. The van der Waals surface area contributed by atoms with Gasteiger partial charge >= 0.3 is 5.97 Å². The van der Waals surface area contributed by atoms with Gasteiger partial charge in [0.2, 0.25) is 5.91 Å². The molecule has 2 aliphatic rings. The monoisotopic (exact) mass is 305 g/mol. The van der Waals surface area contributed by atoms with E-state index in [1.165, 1.54) is 4.90 Å². The smallest absolute Gasteiger partial charge is 0.331 e. The first-order chi connectivity index (χ1) is 10.6. The molecule has 0 radical (unpaired) electrons. The molecule has 0 aromatic heterocycles. The molecule has 0 bridgehead atoms. The Labute approximate surface area is 128 Å². The Morgan fingerprint density at radius 2 is 2.05 bits per heavy atom. The van der Waals surface area contributed by atoms with Gasteiger partial charge in [0, 0.05) is 18.6 Å². The predicted octanol–water partition coefficient (Wildman–Crippen LogP) is 1.46. The van der Waals surface area contributed by atoms with Gasteiger partial charge in [0.05, 0.1) is 12.6 Å². The fraction of sp³-hybridized carbons (Fsp3) is 0.500. The van der Waals surface area contributed by atoms with Gasteiger partial charge in [-0.05, 0) is 18.9 Å². The van der Waals surface area contributed by atoms with Crippen molar-refractivity contribution < 1.29 is 24.2 Å². The van der Waals surface area contributed by atoms with E-state index in [9.17, 15) is 14.7 Å². The molecule has 1 aromatic rings. The molecule has 1 unspecified atom stereocenters. The Morgan fingerprint density at radius 3 is 2.73 bits per heavy atom. The normalized spacial score (nSPS) is 27.1. The van der Waals surface area contributed by atoms with Crippen molar-refractivity contribution in [3.63, 3.8) is 0 Å². The SMILES string of the molecule is COC1CC(C(=O)N2CCOc3ccccc3C2C(=O)O)C1. The largest absolute Gasteiger partial charge is 0.491 e. The van der Waals surface area contributed by atoms with Crippen LogP contribution in [0.15, 0.2) is 24.3 Å². The van der Waals surface area contributed by atoms with E-state index in [1.807, 2.05) is 0 Å². The zero-order valence-electron chi connectivity index (χ0n) is 12.4. The average Bonchev–Trinajstić information content (AvgIpc) is 2.65. The second kappa shape index (κ2) is 5.96. The summed E-state index contributed by atoms with van der Waals surface area (Å²) in [5, 5.41) is 9.63. The fourth-order valence-corrected chi connectivity index (χ4v) is 3.09. The molecular formula is C16H19NO5. The number of hydrogen-bond acceptors (Lipinski definition) is 4. The van der Waals surface area contributed by atoms with E-state index in [2.05, 4.69) is 0 Å². The van der Waals surface area contributed by atoms with Crippen LogP contribution in [0, 0.1) is 5.92 Å². The van der Waals surface area contributed by atoms with Crippen LogP contribution in [-0.4, -0.2) is 48.2 Å². The number of carbonyl (C=O) groups excluding carboxylic acids is 1. The number of carboxylic acids is 1. The summed E-state index contributed by atoms with van der Waals surface area (Å²) >= 11 is 0. The first-order valence-corrected chi connectivity index (χ1v) is 7.39. The zero-order valence-corrected chi connectivity index (χ0v) is 12.4. The summed E-state index contributed by atoms with van der Waals surface area (Å²) in [5.41, 5.74) is 0.531. The number of fused-ring (bicyclic) bond motifs is 1. The van der Waals surface area contributed by atoms with Crippen LogP contribution in [0.25, 0.3) is 0 Å². The number of hydrogen-bond donors (Lipinski definition) is 1. The van der Waals surface area contributed by atoms with Crippen molar-refractivity contribution in [2.75, 3.05) is 20.3 Å². The number of para-hydroxylation sites is 1. The highest BCUT2D eigenvalue weighted by Gasteiger charge is 2.42. The lowest BCUT2D eigenvalue weighted by Crippen LogP contribution is -2.48. The minimum absolute atomic E-state index is 0.104. The minimum atomic E-state index is -1.03. The van der Waals surface area contributed by atoms with E-state index in [4.69, 9.17) is 9.47 Å². The van der Waals surface area contributed by atoms with Gasteiger partial charge in [-0.3, -0.25) is 4.79 Å². The highest BCUT2D eigenvalue weighted by molar-refractivity contribution is 5.87. The number of methoxy groups -OCH3 is 1. The number of aliphatic carboxylic acids is 1. The molecule has 0 spiro atoms. The Morgan fingerprint density at radius 1 is 1.32 bits per heavy atom. The molecule has 1 amide bonds. The third-order valence-corrected chi connectivity index (χ3v) is 4.41. The van der Waals surface area contributed by atoms with Crippen molar-refractivity contribution in [3.05, 3.63) is 29.8 Å². The second-order valence-corrected chi connectivity index (χ2v) is 5.68. The summed E-state index contributed by atoms with van der Waals surface area (Å²) in [4.78, 5) is 25.9. The number of carbonyl (C=O) groups is 2. The lowest BCUT2D eigenvalue weighted by Gasteiger charge is -2.38. The lowest BCUT2D eigenvalue weighted by atomic mass is 9.81. The number of nitrogens with zero attached hydrogens (tertiary/aromatic N) is 1. The molecule has 1 saturated carbocycles. The number of rotatable bonds is 3. The van der Waals surface area contributed by atoms with Gasteiger partial charge in [-0.1, -0.05) is 18.2 Å². The molecule has 1 N–H and O–H groups in total. The van der Waals surface area contributed by atoms with Crippen molar-refractivity contribution in [2.45, 2.75) is 25.0 Å². The Kier molecular flexibility index (Phi) is 4.02. The first-order valence-electron chi connectivity index (χ1n) is 7.39. The Balaban J connectivity index is 1.87. The van der Waals surface area contributed by atoms with Gasteiger partial charge < -0.3 is 19.5 Å². The molecule has 1 aromatic carbocycles. The van der Waals surface area contributed by atoms with Crippen LogP contribution >= 0.6 is 0 Å². The maximum Gasteiger partial charge on any atom is 0.331 e. The van der Waals surface area contributed by atoms with Gasteiger partial charge in [0.1, 0.15) is 12.4 Å². The zero-order chi connectivity index (χ0) is 15.7. The topological polar surface area (TPSA) is 76.1 Å². The summed E-state index contributed by atoms with van der Waals surface area (Å²) in [6, 6.07) is 6.01. The number of benzene rings is 1. The van der Waals surface area contributed by atoms with Gasteiger partial charge in [0.25, 0.3) is 0 Å². The van der Waals surface area contributed by atoms with E-state index in [1.54, 1.807) is 31.4 Å². The van der Waals surface area contributed by atoms with E-state index in [-0.39, 0.29) is 24.5 Å². The fourth-order valence-electron chi connectivity index (χ4n) is 3.09. The number of amides is 1. The van der Waals surface area contributed by atoms with Crippen molar-refractivity contribution >= 4 is 11.9 Å². The van der Waals surface area contributed by atoms with Gasteiger partial charge in [-0.25, -0.2) is 4.79 Å². The summed E-state index contributed by atoms with van der Waals surface area (Å²) in [7, 11) is 1.63. The van der Waals surface area contributed by atoms with Crippen molar-refractivity contribution in [1.82, 2.24) is 4.90 Å². The predicted molar refractivity (Wildman–Crippen MR) is 77.5 cm³/mol. The van der Waals surface area contributed by atoms with Crippen LogP contribution in [-0.2, 0) is 14.3 Å². The van der Waals surface area contributed by atoms with Crippen LogP contribution in [0.1, 0.15) is 24.4 Å². The minimum Gasteiger partial charge on any atom is -0.491 e. The van der Waals surface area contributed by atoms with E-state index in [0.29, 0.717) is 30.8 Å². The molecule has 1 fully saturated rings. The first kappa shape index (κ1) is 14.8. The van der Waals surface area contributed by atoms with Crippen LogP contribution in [0.4, 0.5) is 0 Å². The van der Waals surface area contributed by atoms with Crippen LogP contribution in [0.2, 0.25) is 0 Å². The summed E-state index contributed by atoms with van der Waals surface area (Å²) in [6.45, 7) is 0.575. The third kappa shape index (κ3) is 2.54. The molecule has 6 heteroatoms. The Bertz CT molecular complexity index is 582. The number of carboxylic acid groups (broad SMARTS) is 1. The summed E-state index contributed by atoms with van der Waals surface area (Å²) in [5.74, 6) is -0.777. The van der Waals surface area contributed by atoms with Crippen molar-refractivity contribution in [1.29, 1.82) is 0 Å². The molecule has 118 valence electrons. The highest BCUT2D eigenvalue weighted by Crippen LogP contribution is 2.37. The van der Waals surface area contributed by atoms with Gasteiger partial charge in [-0.15, -0.1) is 0 Å². The van der Waals surface area contributed by atoms with E-state index in [0.717, 1.165) is 0 Å². The maximum absolute atomic E-state index is 12.7. The van der Waals surface area contributed by atoms with Crippen LogP contribution in [0.3, 0.4) is 0 Å². The summed E-state index contributed by atoms with van der Waals surface area (Å²) < 4.78 is 10.8. The maximum atomic E-state index is 12.7. The average molecular weight is 305 g/mol. The highest BCUT2D eigenvalue weighted by atomic mass is 16.5. The van der Waals surface area contributed by atoms with Gasteiger partial charge in [-0.2, -0.15) is 0 Å². The molecule has 1 atom stereocenters. The lowest BCUT2D eigenvalue weighted by molar-refractivity contribution is -0.156. The van der Waals surface area contributed by atoms with Crippen LogP contribution in [0.5, 0.6) is 5.75 Å². The third-order valence-electron chi connectivity index (χ3n) is 4.41. The van der Waals surface area contributed by atoms with Crippen molar-refractivity contribution in [3.8, 4) is 5.75 Å². The van der Waals surface area contributed by atoms with Gasteiger partial charge in [0.15, 0.2) is 6.04 Å². The summed E-state index contributed by atoms with van der Waals surface area (Å²) in [6.07, 6.45) is 1.41. The van der Waals surface area contributed by atoms with Crippen LogP contribution < -0.4 is 4.74 Å². The molecule has 1 heterocycles. The molecule has 1 aliphatic heterocycles. The molecule has 1 aliphatic carbocycles.